The molecular weight excluding hydrogens is 162 g/mol. The van der Waals surface area contributed by atoms with Gasteiger partial charge < -0.3 is 4.57 Å². The molecule has 2 heteroatoms. The topological polar surface area (TPSA) is 3.24 Å². The summed E-state index contributed by atoms with van der Waals surface area (Å²) in [4.78, 5) is 0. The van der Waals surface area contributed by atoms with Crippen LogP contribution in [0.15, 0.2) is 0 Å². The summed E-state index contributed by atoms with van der Waals surface area (Å²) in [6, 6.07) is 1.67. The van der Waals surface area contributed by atoms with Crippen LogP contribution in [-0.2, 0) is 0 Å². The van der Waals surface area contributed by atoms with E-state index in [-0.39, 0.29) is 0 Å². The molecule has 1 saturated heterocycles. The van der Waals surface area contributed by atoms with Crippen molar-refractivity contribution >= 4 is 8.24 Å². The fraction of sp³-hybridized carbons (Fsp3) is 1.00. The van der Waals surface area contributed by atoms with Crippen LogP contribution in [0.2, 0.25) is 19.6 Å². The van der Waals surface area contributed by atoms with Crippen LogP contribution in [0.4, 0.5) is 0 Å². The first kappa shape index (κ1) is 10.3. The van der Waals surface area contributed by atoms with Crippen LogP contribution < -0.4 is 0 Å². The summed E-state index contributed by atoms with van der Waals surface area (Å²) < 4.78 is 2.80. The van der Waals surface area contributed by atoms with Gasteiger partial charge in [-0.15, -0.1) is 0 Å². The summed E-state index contributed by atoms with van der Waals surface area (Å²) in [6.07, 6.45) is 4.26. The molecular formula is C10H23NSi. The van der Waals surface area contributed by atoms with Crippen molar-refractivity contribution in [3.05, 3.63) is 0 Å². The normalized spacial score (nSPS) is 33.8. The monoisotopic (exact) mass is 185 g/mol. The van der Waals surface area contributed by atoms with E-state index in [4.69, 9.17) is 0 Å². The zero-order valence-electron chi connectivity index (χ0n) is 9.22. The van der Waals surface area contributed by atoms with Gasteiger partial charge in [-0.25, -0.2) is 0 Å². The third-order valence-electron chi connectivity index (χ3n) is 2.97. The Morgan fingerprint density at radius 1 is 1.00 bits per heavy atom. The van der Waals surface area contributed by atoms with Crippen LogP contribution in [0.1, 0.15) is 33.1 Å². The average Bonchev–Trinajstić information content (AvgIpc) is 1.82. The molecule has 12 heavy (non-hydrogen) atoms. The molecule has 0 aliphatic carbocycles. The molecule has 1 heterocycles. The number of hydrogen-bond acceptors (Lipinski definition) is 1. The van der Waals surface area contributed by atoms with E-state index >= 15 is 0 Å². The van der Waals surface area contributed by atoms with Crippen molar-refractivity contribution in [2.45, 2.75) is 64.8 Å². The van der Waals surface area contributed by atoms with E-state index in [1.165, 1.54) is 19.3 Å². The molecule has 0 radical (unpaired) electrons. The number of piperidine rings is 1. The molecule has 72 valence electrons. The van der Waals surface area contributed by atoms with Crippen LogP contribution in [0.3, 0.4) is 0 Å². The summed E-state index contributed by atoms with van der Waals surface area (Å²) in [5.74, 6) is 0. The van der Waals surface area contributed by atoms with Crippen molar-refractivity contribution in [2.24, 2.45) is 0 Å². The van der Waals surface area contributed by atoms with Gasteiger partial charge in [0.2, 0.25) is 0 Å². The van der Waals surface area contributed by atoms with E-state index in [1.54, 1.807) is 0 Å². The second kappa shape index (κ2) is 3.50. The van der Waals surface area contributed by atoms with Gasteiger partial charge in [-0.05, 0) is 12.8 Å². The number of rotatable bonds is 1. The minimum Gasteiger partial charge on any atom is -0.319 e. The number of hydrogen-bond donors (Lipinski definition) is 0. The van der Waals surface area contributed by atoms with Crippen LogP contribution in [0.5, 0.6) is 0 Å². The molecule has 0 aromatic heterocycles. The molecule has 0 aromatic rings. The molecule has 1 rings (SSSR count). The Kier molecular flexibility index (Phi) is 3.00. The Morgan fingerprint density at radius 2 is 1.42 bits per heavy atom. The van der Waals surface area contributed by atoms with Gasteiger partial charge in [-0.3, -0.25) is 0 Å². The van der Waals surface area contributed by atoms with Gasteiger partial charge in [0.15, 0.2) is 0 Å². The SMILES string of the molecule is C[C@@H]1CCC[C@@H](C)N1[Si](C)(C)C. The Balaban J connectivity index is 2.69. The molecule has 0 N–H and O–H groups in total. The Bertz CT molecular complexity index is 140. The predicted molar refractivity (Wildman–Crippen MR) is 58.0 cm³/mol. The second-order valence-electron chi connectivity index (χ2n) is 5.21. The fourth-order valence-corrected chi connectivity index (χ4v) is 5.65. The molecule has 2 atom stereocenters. The van der Waals surface area contributed by atoms with Gasteiger partial charge in [-0.1, -0.05) is 39.9 Å². The molecule has 1 fully saturated rings. The second-order valence-corrected chi connectivity index (χ2v) is 10.1. The van der Waals surface area contributed by atoms with Crippen LogP contribution >= 0.6 is 0 Å². The predicted octanol–water partition coefficient (Wildman–Crippen LogP) is 3.08. The van der Waals surface area contributed by atoms with Crippen LogP contribution in [0.25, 0.3) is 0 Å². The van der Waals surface area contributed by atoms with E-state index in [9.17, 15) is 0 Å². The molecule has 1 aliphatic rings. The maximum atomic E-state index is 2.80. The lowest BCUT2D eigenvalue weighted by Gasteiger charge is -2.46. The molecule has 0 unspecified atom stereocenters. The highest BCUT2D eigenvalue weighted by Gasteiger charge is 2.34. The first-order chi connectivity index (χ1) is 5.43. The third kappa shape index (κ3) is 2.11. The molecule has 1 nitrogen and oxygen atoms in total. The molecule has 0 saturated carbocycles. The van der Waals surface area contributed by atoms with E-state index < -0.39 is 8.24 Å². The van der Waals surface area contributed by atoms with Crippen molar-refractivity contribution in [2.75, 3.05) is 0 Å². The highest BCUT2D eigenvalue weighted by Crippen LogP contribution is 2.27. The molecule has 0 bridgehead atoms. The molecule has 0 spiro atoms. The van der Waals surface area contributed by atoms with Crippen molar-refractivity contribution in [3.8, 4) is 0 Å². The van der Waals surface area contributed by atoms with Crippen molar-refractivity contribution in [1.29, 1.82) is 0 Å². The quantitative estimate of drug-likeness (QED) is 0.568. The lowest BCUT2D eigenvalue weighted by molar-refractivity contribution is 0.195. The highest BCUT2D eigenvalue weighted by atomic mass is 28.3. The minimum absolute atomic E-state index is 0.834. The van der Waals surface area contributed by atoms with E-state index in [0.717, 1.165) is 12.1 Å². The largest absolute Gasteiger partial charge is 0.319 e. The highest BCUT2D eigenvalue weighted by molar-refractivity contribution is 6.73. The zero-order chi connectivity index (χ0) is 9.35. The first-order valence-electron chi connectivity index (χ1n) is 5.21. The van der Waals surface area contributed by atoms with Crippen LogP contribution in [0, 0.1) is 0 Å². The number of nitrogens with zero attached hydrogens (tertiary/aromatic N) is 1. The lowest BCUT2D eigenvalue weighted by Crippen LogP contribution is -2.57. The van der Waals surface area contributed by atoms with Gasteiger partial charge in [0.1, 0.15) is 8.24 Å². The smallest absolute Gasteiger partial charge is 0.119 e. The molecule has 1 aliphatic heterocycles. The summed E-state index contributed by atoms with van der Waals surface area (Å²) in [6.45, 7) is 12.2. The van der Waals surface area contributed by atoms with E-state index in [1.807, 2.05) is 0 Å². The summed E-state index contributed by atoms with van der Waals surface area (Å²) in [5.41, 5.74) is 0. The Morgan fingerprint density at radius 3 is 1.67 bits per heavy atom. The summed E-state index contributed by atoms with van der Waals surface area (Å²) in [5, 5.41) is 0. The van der Waals surface area contributed by atoms with Gasteiger partial charge in [0, 0.05) is 12.1 Å². The molecule has 0 aromatic carbocycles. The van der Waals surface area contributed by atoms with Gasteiger partial charge in [-0.2, -0.15) is 0 Å². The first-order valence-corrected chi connectivity index (χ1v) is 8.66. The van der Waals surface area contributed by atoms with E-state index in [0.29, 0.717) is 0 Å². The fourth-order valence-electron chi connectivity index (χ4n) is 2.74. The van der Waals surface area contributed by atoms with Gasteiger partial charge in [0.05, 0.1) is 0 Å². The summed E-state index contributed by atoms with van der Waals surface area (Å²) in [7, 11) is -1.05. The van der Waals surface area contributed by atoms with Crippen LogP contribution in [-0.4, -0.2) is 24.9 Å². The van der Waals surface area contributed by atoms with E-state index in [2.05, 4.69) is 38.1 Å². The van der Waals surface area contributed by atoms with Crippen molar-refractivity contribution in [3.63, 3.8) is 0 Å². The van der Waals surface area contributed by atoms with Gasteiger partial charge >= 0.3 is 0 Å². The molecule has 0 amide bonds. The third-order valence-corrected chi connectivity index (χ3v) is 5.40. The maximum absolute atomic E-state index is 2.80. The van der Waals surface area contributed by atoms with Gasteiger partial charge in [0.25, 0.3) is 0 Å². The maximum Gasteiger partial charge on any atom is 0.119 e. The summed E-state index contributed by atoms with van der Waals surface area (Å²) >= 11 is 0. The standard InChI is InChI=1S/C10H23NSi/c1-9-7-6-8-10(2)11(9)12(3,4)5/h9-10H,6-8H2,1-5H3/t9-,10-/m1/s1. The Labute approximate surface area is 78.2 Å². The Hall–Kier alpha value is 0.177. The zero-order valence-corrected chi connectivity index (χ0v) is 10.2. The van der Waals surface area contributed by atoms with Crippen molar-refractivity contribution in [1.82, 2.24) is 4.57 Å². The lowest BCUT2D eigenvalue weighted by atomic mass is 10.0. The minimum atomic E-state index is -1.05. The van der Waals surface area contributed by atoms with Crippen molar-refractivity contribution < 1.29 is 0 Å². The average molecular weight is 185 g/mol.